The van der Waals surface area contributed by atoms with Gasteiger partial charge in [0.2, 0.25) is 0 Å². The SMILES string of the molecule is CCNC(=NCCc1c(C)noc1C)N1CCN(CC(C)C)CC1.I. The first-order valence-corrected chi connectivity index (χ1v) is 9.18. The molecule has 0 unspecified atom stereocenters. The van der Waals surface area contributed by atoms with E-state index in [1.165, 1.54) is 12.1 Å². The fourth-order valence-corrected chi connectivity index (χ4v) is 3.22. The van der Waals surface area contributed by atoms with Crippen LogP contribution in [0.4, 0.5) is 0 Å². The second kappa shape index (κ2) is 11.0. The van der Waals surface area contributed by atoms with Crippen molar-refractivity contribution in [1.29, 1.82) is 0 Å². The van der Waals surface area contributed by atoms with Gasteiger partial charge in [-0.1, -0.05) is 19.0 Å². The number of hydrogen-bond donors (Lipinski definition) is 1. The summed E-state index contributed by atoms with van der Waals surface area (Å²) in [4.78, 5) is 9.76. The van der Waals surface area contributed by atoms with Crippen LogP contribution in [0.15, 0.2) is 9.52 Å². The highest BCUT2D eigenvalue weighted by molar-refractivity contribution is 14.0. The number of aromatic nitrogens is 1. The van der Waals surface area contributed by atoms with E-state index in [4.69, 9.17) is 9.52 Å². The molecule has 7 heteroatoms. The third-order valence-electron chi connectivity index (χ3n) is 4.43. The molecule has 0 atom stereocenters. The minimum atomic E-state index is 0. The molecule has 1 fully saturated rings. The average Bonchev–Trinajstić information content (AvgIpc) is 2.86. The molecule has 0 spiro atoms. The van der Waals surface area contributed by atoms with Gasteiger partial charge >= 0.3 is 0 Å². The molecule has 144 valence electrons. The molecule has 0 aromatic carbocycles. The molecule has 25 heavy (non-hydrogen) atoms. The van der Waals surface area contributed by atoms with Crippen LogP contribution in [0.5, 0.6) is 0 Å². The maximum atomic E-state index is 5.23. The van der Waals surface area contributed by atoms with Crippen molar-refractivity contribution in [2.45, 2.75) is 41.0 Å². The van der Waals surface area contributed by atoms with Crippen molar-refractivity contribution in [1.82, 2.24) is 20.3 Å². The number of nitrogens with one attached hydrogen (secondary N) is 1. The van der Waals surface area contributed by atoms with Gasteiger partial charge in [-0.05, 0) is 33.1 Å². The molecule has 0 radical (unpaired) electrons. The lowest BCUT2D eigenvalue weighted by molar-refractivity contribution is 0.164. The molecule has 0 amide bonds. The topological polar surface area (TPSA) is 56.9 Å². The Morgan fingerprint density at radius 3 is 2.44 bits per heavy atom. The number of piperazine rings is 1. The van der Waals surface area contributed by atoms with Gasteiger partial charge < -0.3 is 14.7 Å². The minimum absolute atomic E-state index is 0. The molecule has 1 aliphatic rings. The van der Waals surface area contributed by atoms with E-state index in [0.717, 1.165) is 69.0 Å². The number of halogens is 1. The predicted octanol–water partition coefficient (Wildman–Crippen LogP) is 2.69. The fraction of sp³-hybridized carbons (Fsp3) is 0.778. The first-order chi connectivity index (χ1) is 11.5. The Morgan fingerprint density at radius 2 is 1.92 bits per heavy atom. The van der Waals surface area contributed by atoms with Crippen LogP contribution in [-0.2, 0) is 6.42 Å². The van der Waals surface area contributed by atoms with Crippen molar-refractivity contribution in [3.05, 3.63) is 17.0 Å². The monoisotopic (exact) mass is 463 g/mol. The maximum absolute atomic E-state index is 5.23. The maximum Gasteiger partial charge on any atom is 0.194 e. The van der Waals surface area contributed by atoms with Crippen LogP contribution in [0.1, 0.15) is 37.8 Å². The third kappa shape index (κ3) is 6.77. The lowest BCUT2D eigenvalue weighted by atomic mass is 10.1. The van der Waals surface area contributed by atoms with Gasteiger partial charge in [-0.2, -0.15) is 0 Å². The zero-order chi connectivity index (χ0) is 17.5. The van der Waals surface area contributed by atoms with Crippen LogP contribution in [0.2, 0.25) is 0 Å². The van der Waals surface area contributed by atoms with Crippen molar-refractivity contribution in [2.24, 2.45) is 10.9 Å². The minimum Gasteiger partial charge on any atom is -0.361 e. The number of rotatable bonds is 6. The first-order valence-electron chi connectivity index (χ1n) is 9.18. The second-order valence-electron chi connectivity index (χ2n) is 6.97. The largest absolute Gasteiger partial charge is 0.361 e. The molecular formula is C18H34IN5O. The molecule has 1 aromatic rings. The van der Waals surface area contributed by atoms with Gasteiger partial charge in [-0.15, -0.1) is 24.0 Å². The molecule has 1 N–H and O–H groups in total. The molecule has 1 aromatic heterocycles. The zero-order valence-electron chi connectivity index (χ0n) is 16.3. The van der Waals surface area contributed by atoms with E-state index in [0.29, 0.717) is 0 Å². The Balaban J connectivity index is 0.00000312. The van der Waals surface area contributed by atoms with Gasteiger partial charge in [0, 0.05) is 51.4 Å². The molecule has 6 nitrogen and oxygen atoms in total. The summed E-state index contributed by atoms with van der Waals surface area (Å²) in [5.41, 5.74) is 2.17. The smallest absolute Gasteiger partial charge is 0.194 e. The molecule has 0 bridgehead atoms. The van der Waals surface area contributed by atoms with Crippen molar-refractivity contribution in [3.8, 4) is 0 Å². The molecule has 2 heterocycles. The van der Waals surface area contributed by atoms with Crippen molar-refractivity contribution in [2.75, 3.05) is 45.8 Å². The van der Waals surface area contributed by atoms with E-state index in [1.807, 2.05) is 13.8 Å². The van der Waals surface area contributed by atoms with E-state index in [-0.39, 0.29) is 24.0 Å². The van der Waals surface area contributed by atoms with Crippen LogP contribution >= 0.6 is 24.0 Å². The Labute approximate surface area is 169 Å². The summed E-state index contributed by atoms with van der Waals surface area (Å²) >= 11 is 0. The first kappa shape index (κ1) is 22.2. The van der Waals surface area contributed by atoms with Gasteiger partial charge in [0.1, 0.15) is 5.76 Å². The van der Waals surface area contributed by atoms with Gasteiger partial charge in [0.15, 0.2) is 5.96 Å². The third-order valence-corrected chi connectivity index (χ3v) is 4.43. The highest BCUT2D eigenvalue weighted by Gasteiger charge is 2.20. The Morgan fingerprint density at radius 1 is 1.24 bits per heavy atom. The van der Waals surface area contributed by atoms with Crippen LogP contribution in [0.3, 0.4) is 0 Å². The number of nitrogens with zero attached hydrogens (tertiary/aromatic N) is 4. The highest BCUT2D eigenvalue weighted by atomic mass is 127. The summed E-state index contributed by atoms with van der Waals surface area (Å²) in [6.07, 6.45) is 0.878. The highest BCUT2D eigenvalue weighted by Crippen LogP contribution is 2.13. The second-order valence-corrected chi connectivity index (χ2v) is 6.97. The standard InChI is InChI=1S/C18H33N5O.HI/c1-6-19-18(20-8-7-17-15(4)21-24-16(17)5)23-11-9-22(10-12-23)13-14(2)3;/h14H,6-13H2,1-5H3,(H,19,20);1H. The van der Waals surface area contributed by atoms with Crippen molar-refractivity contribution in [3.63, 3.8) is 0 Å². The van der Waals surface area contributed by atoms with Crippen molar-refractivity contribution < 1.29 is 4.52 Å². The van der Waals surface area contributed by atoms with E-state index in [1.54, 1.807) is 0 Å². The molecule has 0 aliphatic carbocycles. The van der Waals surface area contributed by atoms with E-state index < -0.39 is 0 Å². The summed E-state index contributed by atoms with van der Waals surface area (Å²) in [7, 11) is 0. The van der Waals surface area contributed by atoms with Crippen LogP contribution in [0, 0.1) is 19.8 Å². The number of aryl methyl sites for hydroxylation is 2. The summed E-state index contributed by atoms with van der Waals surface area (Å²) < 4.78 is 5.23. The Bertz CT molecular complexity index is 516. The molecular weight excluding hydrogens is 429 g/mol. The Hall–Kier alpha value is -0.830. The zero-order valence-corrected chi connectivity index (χ0v) is 18.7. The lowest BCUT2D eigenvalue weighted by Crippen LogP contribution is -2.53. The summed E-state index contributed by atoms with van der Waals surface area (Å²) in [6.45, 7) is 17.8. The van der Waals surface area contributed by atoms with Crippen molar-refractivity contribution >= 4 is 29.9 Å². The molecule has 1 saturated heterocycles. The van der Waals surface area contributed by atoms with Gasteiger partial charge in [-0.3, -0.25) is 9.89 Å². The molecule has 1 aliphatic heterocycles. The summed E-state index contributed by atoms with van der Waals surface area (Å²) in [5, 5.41) is 7.45. The van der Waals surface area contributed by atoms with Gasteiger partial charge in [0.25, 0.3) is 0 Å². The summed E-state index contributed by atoms with van der Waals surface area (Å²) in [6, 6.07) is 0. The quantitative estimate of drug-likeness (QED) is 0.400. The normalized spacial score (nSPS) is 16.2. The van der Waals surface area contributed by atoms with Gasteiger partial charge in [0.05, 0.1) is 5.69 Å². The van der Waals surface area contributed by atoms with E-state index in [9.17, 15) is 0 Å². The predicted molar refractivity (Wildman–Crippen MR) is 114 cm³/mol. The number of aliphatic imine (C=N–C) groups is 1. The molecule has 0 saturated carbocycles. The summed E-state index contributed by atoms with van der Waals surface area (Å²) in [5.74, 6) is 2.68. The van der Waals surface area contributed by atoms with Gasteiger partial charge in [-0.25, -0.2) is 0 Å². The van der Waals surface area contributed by atoms with Crippen LogP contribution in [-0.4, -0.2) is 66.7 Å². The Kier molecular flexibility index (Phi) is 9.78. The number of guanidine groups is 1. The number of hydrogen-bond acceptors (Lipinski definition) is 4. The van der Waals surface area contributed by atoms with Crippen LogP contribution < -0.4 is 5.32 Å². The van der Waals surface area contributed by atoms with Crippen LogP contribution in [0.25, 0.3) is 0 Å². The molecule has 2 rings (SSSR count). The lowest BCUT2D eigenvalue weighted by Gasteiger charge is -2.37. The van der Waals surface area contributed by atoms with E-state index >= 15 is 0 Å². The van der Waals surface area contributed by atoms with E-state index in [2.05, 4.69) is 41.0 Å². The average molecular weight is 463 g/mol. The fourth-order valence-electron chi connectivity index (χ4n) is 3.22.